The summed E-state index contributed by atoms with van der Waals surface area (Å²) < 4.78 is 6.91. The fourth-order valence-electron chi connectivity index (χ4n) is 1.31. The van der Waals surface area contributed by atoms with Crippen molar-refractivity contribution in [3.63, 3.8) is 0 Å². The number of ether oxygens (including phenoxy) is 1. The van der Waals surface area contributed by atoms with Crippen molar-refractivity contribution in [2.24, 2.45) is 5.73 Å². The number of benzene rings is 1. The molecule has 0 bridgehead atoms. The minimum atomic E-state index is -0.315. The van der Waals surface area contributed by atoms with Gasteiger partial charge in [0.1, 0.15) is 0 Å². The molecule has 1 aromatic rings. The Morgan fingerprint density at radius 2 is 2.25 bits per heavy atom. The second kappa shape index (κ2) is 6.56. The van der Waals surface area contributed by atoms with Crippen LogP contribution < -0.4 is 5.73 Å². The number of carbonyl (C=O) groups excluding carboxylic acids is 1. The van der Waals surface area contributed by atoms with Crippen LogP contribution in [0.15, 0.2) is 22.7 Å². The molecular formula is C11H13BrINO2. The lowest BCUT2D eigenvalue weighted by Gasteiger charge is -2.12. The molecule has 0 spiro atoms. The molecular weight excluding hydrogens is 385 g/mol. The van der Waals surface area contributed by atoms with E-state index in [-0.39, 0.29) is 18.4 Å². The Labute approximate surface area is 117 Å². The van der Waals surface area contributed by atoms with Gasteiger partial charge in [-0.05, 0) is 53.3 Å². The van der Waals surface area contributed by atoms with E-state index in [0.717, 1.165) is 13.6 Å². The van der Waals surface area contributed by atoms with E-state index < -0.39 is 0 Å². The van der Waals surface area contributed by atoms with Crippen molar-refractivity contribution in [2.75, 3.05) is 6.61 Å². The fraction of sp³-hybridized carbons (Fsp3) is 0.364. The average Bonchev–Trinajstić information content (AvgIpc) is 2.16. The van der Waals surface area contributed by atoms with Crippen LogP contribution in [0.2, 0.25) is 0 Å². The summed E-state index contributed by atoms with van der Waals surface area (Å²) in [6.07, 6.45) is 0.209. The Morgan fingerprint density at radius 1 is 1.56 bits per heavy atom. The Morgan fingerprint density at radius 3 is 2.81 bits per heavy atom. The molecule has 16 heavy (non-hydrogen) atoms. The number of carbonyl (C=O) groups is 1. The molecule has 2 N–H and O–H groups in total. The van der Waals surface area contributed by atoms with Crippen molar-refractivity contribution in [2.45, 2.75) is 19.4 Å². The first-order chi connectivity index (χ1) is 7.52. The normalized spacial score (nSPS) is 12.2. The molecule has 0 aliphatic heterocycles. The summed E-state index contributed by atoms with van der Waals surface area (Å²) >= 11 is 5.61. The van der Waals surface area contributed by atoms with E-state index in [0.29, 0.717) is 6.61 Å². The summed E-state index contributed by atoms with van der Waals surface area (Å²) in [4.78, 5) is 11.3. The lowest BCUT2D eigenvalue weighted by molar-refractivity contribution is -0.143. The van der Waals surface area contributed by atoms with E-state index in [4.69, 9.17) is 10.5 Å². The average molecular weight is 398 g/mol. The van der Waals surface area contributed by atoms with E-state index in [1.165, 1.54) is 0 Å². The van der Waals surface area contributed by atoms with Crippen LogP contribution in [0.3, 0.4) is 0 Å². The molecule has 0 amide bonds. The number of rotatable bonds is 4. The summed E-state index contributed by atoms with van der Waals surface area (Å²) in [7, 11) is 0. The third kappa shape index (κ3) is 4.39. The smallest absolute Gasteiger partial charge is 0.307 e. The highest BCUT2D eigenvalue weighted by Gasteiger charge is 2.13. The molecule has 0 fully saturated rings. The Balaban J connectivity index is 2.72. The maximum absolute atomic E-state index is 11.3. The van der Waals surface area contributed by atoms with E-state index >= 15 is 0 Å². The van der Waals surface area contributed by atoms with Gasteiger partial charge in [-0.1, -0.05) is 15.9 Å². The number of halogens is 2. The van der Waals surface area contributed by atoms with Gasteiger partial charge in [0.15, 0.2) is 0 Å². The zero-order chi connectivity index (χ0) is 12.1. The molecule has 1 atom stereocenters. The van der Waals surface area contributed by atoms with Crippen LogP contribution in [0.4, 0.5) is 0 Å². The van der Waals surface area contributed by atoms with Gasteiger partial charge in [-0.25, -0.2) is 0 Å². The molecule has 1 rings (SSSR count). The Kier molecular flexibility index (Phi) is 5.71. The van der Waals surface area contributed by atoms with Crippen molar-refractivity contribution in [1.82, 2.24) is 0 Å². The summed E-state index contributed by atoms with van der Waals surface area (Å²) in [5, 5.41) is 0. The molecule has 0 saturated carbocycles. The lowest BCUT2D eigenvalue weighted by Crippen LogP contribution is -2.17. The van der Waals surface area contributed by atoms with Gasteiger partial charge in [-0.2, -0.15) is 0 Å². The van der Waals surface area contributed by atoms with Crippen LogP contribution in [0.25, 0.3) is 0 Å². The summed E-state index contributed by atoms with van der Waals surface area (Å²) in [6.45, 7) is 2.17. The minimum Gasteiger partial charge on any atom is -0.466 e. The standard InChI is InChI=1S/C11H13BrINO2/c1-2-16-11(15)6-10(14)7-3-8(12)5-9(13)4-7/h3-5,10H,2,6,14H2,1H3/t10-/m1/s1. The van der Waals surface area contributed by atoms with Gasteiger partial charge in [0.25, 0.3) is 0 Å². The zero-order valence-corrected chi connectivity index (χ0v) is 12.6. The molecule has 5 heteroatoms. The quantitative estimate of drug-likeness (QED) is 0.627. The van der Waals surface area contributed by atoms with Gasteiger partial charge in [0, 0.05) is 14.1 Å². The van der Waals surface area contributed by atoms with E-state index in [1.54, 1.807) is 6.92 Å². The molecule has 0 heterocycles. The fourth-order valence-corrected chi connectivity index (χ4v) is 2.94. The highest BCUT2D eigenvalue weighted by atomic mass is 127. The van der Waals surface area contributed by atoms with Gasteiger partial charge in [0.2, 0.25) is 0 Å². The van der Waals surface area contributed by atoms with Crippen molar-refractivity contribution in [3.8, 4) is 0 Å². The van der Waals surface area contributed by atoms with E-state index in [2.05, 4.69) is 38.5 Å². The first-order valence-electron chi connectivity index (χ1n) is 4.90. The monoisotopic (exact) mass is 397 g/mol. The summed E-state index contributed by atoms with van der Waals surface area (Å²) in [6, 6.07) is 5.56. The van der Waals surface area contributed by atoms with Crippen molar-refractivity contribution in [1.29, 1.82) is 0 Å². The van der Waals surface area contributed by atoms with E-state index in [1.807, 2.05) is 18.2 Å². The van der Waals surface area contributed by atoms with Crippen molar-refractivity contribution in [3.05, 3.63) is 31.8 Å². The van der Waals surface area contributed by atoms with Crippen LogP contribution in [-0.4, -0.2) is 12.6 Å². The third-order valence-corrected chi connectivity index (χ3v) is 3.09. The first kappa shape index (κ1) is 13.9. The molecule has 1 aromatic carbocycles. The SMILES string of the molecule is CCOC(=O)C[C@@H](N)c1cc(Br)cc(I)c1. The minimum absolute atomic E-state index is 0.209. The van der Waals surface area contributed by atoms with Crippen LogP contribution in [0.1, 0.15) is 24.9 Å². The molecule has 3 nitrogen and oxygen atoms in total. The number of nitrogens with two attached hydrogens (primary N) is 1. The highest BCUT2D eigenvalue weighted by Crippen LogP contribution is 2.22. The second-order valence-corrected chi connectivity index (χ2v) is 5.48. The van der Waals surface area contributed by atoms with Crippen molar-refractivity contribution < 1.29 is 9.53 Å². The van der Waals surface area contributed by atoms with Crippen LogP contribution in [0.5, 0.6) is 0 Å². The zero-order valence-electron chi connectivity index (χ0n) is 8.87. The van der Waals surface area contributed by atoms with Gasteiger partial charge >= 0.3 is 5.97 Å². The van der Waals surface area contributed by atoms with Crippen molar-refractivity contribution >= 4 is 44.5 Å². The highest BCUT2D eigenvalue weighted by molar-refractivity contribution is 14.1. The molecule has 0 aromatic heterocycles. The Bertz CT molecular complexity index is 364. The first-order valence-corrected chi connectivity index (χ1v) is 6.77. The molecule has 88 valence electrons. The molecule has 0 aliphatic carbocycles. The van der Waals surface area contributed by atoms with Gasteiger partial charge < -0.3 is 10.5 Å². The predicted molar refractivity (Wildman–Crippen MR) is 75.0 cm³/mol. The van der Waals surface area contributed by atoms with Gasteiger partial charge in [-0.3, -0.25) is 4.79 Å². The van der Waals surface area contributed by atoms with Gasteiger partial charge in [0.05, 0.1) is 13.0 Å². The number of hydrogen-bond acceptors (Lipinski definition) is 3. The maximum Gasteiger partial charge on any atom is 0.307 e. The van der Waals surface area contributed by atoms with Crippen LogP contribution in [-0.2, 0) is 9.53 Å². The number of hydrogen-bond donors (Lipinski definition) is 1. The van der Waals surface area contributed by atoms with Crippen LogP contribution in [0, 0.1) is 3.57 Å². The van der Waals surface area contributed by atoms with Gasteiger partial charge in [-0.15, -0.1) is 0 Å². The number of esters is 1. The topological polar surface area (TPSA) is 52.3 Å². The molecule has 0 radical (unpaired) electrons. The lowest BCUT2D eigenvalue weighted by atomic mass is 10.1. The summed E-state index contributed by atoms with van der Waals surface area (Å²) in [5.74, 6) is -0.259. The third-order valence-electron chi connectivity index (χ3n) is 2.00. The molecule has 0 saturated heterocycles. The predicted octanol–water partition coefficient (Wildman–Crippen LogP) is 3.01. The molecule has 0 aliphatic rings. The maximum atomic E-state index is 11.3. The second-order valence-electron chi connectivity index (χ2n) is 3.32. The largest absolute Gasteiger partial charge is 0.466 e. The Hall–Kier alpha value is -0.140. The molecule has 0 unspecified atom stereocenters. The van der Waals surface area contributed by atoms with E-state index in [9.17, 15) is 4.79 Å². The summed E-state index contributed by atoms with van der Waals surface area (Å²) in [5.41, 5.74) is 6.88. The van der Waals surface area contributed by atoms with Crippen LogP contribution >= 0.6 is 38.5 Å².